The van der Waals surface area contributed by atoms with Gasteiger partial charge in [0.25, 0.3) is 0 Å². The van der Waals surface area contributed by atoms with Gasteiger partial charge in [0.15, 0.2) is 0 Å². The van der Waals surface area contributed by atoms with Crippen molar-refractivity contribution in [3.8, 4) is 0 Å². The molecule has 0 saturated heterocycles. The molecule has 1 aromatic heterocycles. The summed E-state index contributed by atoms with van der Waals surface area (Å²) in [6.07, 6.45) is 1.45. The number of alkyl halides is 1. The second kappa shape index (κ2) is 6.28. The Kier molecular flexibility index (Phi) is 5.32. The second-order valence-corrected chi connectivity index (χ2v) is 6.34. The van der Waals surface area contributed by atoms with E-state index in [0.29, 0.717) is 11.2 Å². The van der Waals surface area contributed by atoms with Crippen molar-refractivity contribution in [2.45, 2.75) is 37.6 Å². The summed E-state index contributed by atoms with van der Waals surface area (Å²) in [6, 6.07) is 4.19. The standard InChI is InChI=1S/C11H16BrNOS/c1-8(12)6-9(2)13-11(14)7-10-4-3-5-15-10/h3-5,8-9H,6-7H2,1-2H3,(H,13,14). The fraction of sp³-hybridized carbons (Fsp3) is 0.545. The van der Waals surface area contributed by atoms with Gasteiger partial charge >= 0.3 is 0 Å². The van der Waals surface area contributed by atoms with E-state index in [1.807, 2.05) is 24.4 Å². The first kappa shape index (κ1) is 12.7. The zero-order valence-electron chi connectivity index (χ0n) is 9.00. The highest BCUT2D eigenvalue weighted by Crippen LogP contribution is 2.10. The minimum absolute atomic E-state index is 0.109. The van der Waals surface area contributed by atoms with Crippen LogP contribution in [0.4, 0.5) is 0 Å². The van der Waals surface area contributed by atoms with Crippen LogP contribution in [0.5, 0.6) is 0 Å². The van der Waals surface area contributed by atoms with Crippen LogP contribution in [0.15, 0.2) is 17.5 Å². The molecular formula is C11H16BrNOS. The van der Waals surface area contributed by atoms with E-state index < -0.39 is 0 Å². The Morgan fingerprint density at radius 2 is 2.33 bits per heavy atom. The number of rotatable bonds is 5. The van der Waals surface area contributed by atoms with Gasteiger partial charge in [0, 0.05) is 15.7 Å². The molecule has 1 rings (SSSR count). The molecule has 0 aliphatic rings. The normalized spacial score (nSPS) is 14.6. The third kappa shape index (κ3) is 5.33. The molecule has 15 heavy (non-hydrogen) atoms. The summed E-state index contributed by atoms with van der Waals surface area (Å²) < 4.78 is 0. The Labute approximate surface area is 103 Å². The molecule has 1 N–H and O–H groups in total. The van der Waals surface area contributed by atoms with Gasteiger partial charge in [-0.1, -0.05) is 28.9 Å². The molecule has 1 amide bonds. The Morgan fingerprint density at radius 3 is 2.87 bits per heavy atom. The second-order valence-electron chi connectivity index (χ2n) is 3.74. The van der Waals surface area contributed by atoms with Crippen LogP contribution in [0.25, 0.3) is 0 Å². The monoisotopic (exact) mass is 289 g/mol. The predicted octanol–water partition coefficient (Wildman–Crippen LogP) is 2.97. The predicted molar refractivity (Wildman–Crippen MR) is 68.6 cm³/mol. The summed E-state index contributed by atoms with van der Waals surface area (Å²) >= 11 is 5.10. The zero-order chi connectivity index (χ0) is 11.3. The van der Waals surface area contributed by atoms with Gasteiger partial charge in [-0.2, -0.15) is 0 Å². The van der Waals surface area contributed by atoms with E-state index in [2.05, 4.69) is 28.2 Å². The lowest BCUT2D eigenvalue weighted by atomic mass is 10.2. The van der Waals surface area contributed by atoms with Crippen molar-refractivity contribution in [3.05, 3.63) is 22.4 Å². The molecule has 1 aromatic rings. The number of halogens is 1. The maximum atomic E-state index is 11.6. The van der Waals surface area contributed by atoms with Crippen molar-refractivity contribution >= 4 is 33.2 Å². The molecule has 2 unspecified atom stereocenters. The molecule has 0 radical (unpaired) electrons. The van der Waals surface area contributed by atoms with Crippen LogP contribution < -0.4 is 5.32 Å². The van der Waals surface area contributed by atoms with Crippen LogP contribution >= 0.6 is 27.3 Å². The lowest BCUT2D eigenvalue weighted by molar-refractivity contribution is -0.121. The van der Waals surface area contributed by atoms with Crippen LogP contribution in [0.2, 0.25) is 0 Å². The smallest absolute Gasteiger partial charge is 0.225 e. The molecule has 0 spiro atoms. The molecule has 0 aromatic carbocycles. The fourth-order valence-corrected chi connectivity index (χ4v) is 2.71. The molecular weight excluding hydrogens is 274 g/mol. The number of hydrogen-bond acceptors (Lipinski definition) is 2. The summed E-state index contributed by atoms with van der Waals surface area (Å²) in [6.45, 7) is 4.12. The molecule has 84 valence electrons. The van der Waals surface area contributed by atoms with Crippen molar-refractivity contribution in [1.29, 1.82) is 0 Å². The van der Waals surface area contributed by atoms with E-state index in [9.17, 15) is 4.79 Å². The van der Waals surface area contributed by atoms with Crippen LogP contribution in [0, 0.1) is 0 Å². The summed E-state index contributed by atoms with van der Waals surface area (Å²) in [7, 11) is 0. The number of amides is 1. The van der Waals surface area contributed by atoms with Gasteiger partial charge in [-0.15, -0.1) is 11.3 Å². The molecule has 0 fully saturated rings. The Hall–Kier alpha value is -0.350. The number of thiophene rings is 1. The van der Waals surface area contributed by atoms with Crippen LogP contribution in [-0.4, -0.2) is 16.8 Å². The van der Waals surface area contributed by atoms with Crippen molar-refractivity contribution in [2.75, 3.05) is 0 Å². The van der Waals surface area contributed by atoms with E-state index in [1.54, 1.807) is 11.3 Å². The Morgan fingerprint density at radius 1 is 1.60 bits per heavy atom. The van der Waals surface area contributed by atoms with Gasteiger partial charge in [-0.3, -0.25) is 4.79 Å². The zero-order valence-corrected chi connectivity index (χ0v) is 11.4. The van der Waals surface area contributed by atoms with Crippen LogP contribution in [0.1, 0.15) is 25.1 Å². The third-order valence-electron chi connectivity index (χ3n) is 2.00. The molecule has 0 aliphatic carbocycles. The molecule has 2 atom stereocenters. The average Bonchev–Trinajstić information content (AvgIpc) is 2.53. The van der Waals surface area contributed by atoms with E-state index in [4.69, 9.17) is 0 Å². The van der Waals surface area contributed by atoms with Gasteiger partial charge in [0.05, 0.1) is 6.42 Å². The first-order valence-electron chi connectivity index (χ1n) is 5.03. The van der Waals surface area contributed by atoms with Gasteiger partial charge in [0.2, 0.25) is 5.91 Å². The average molecular weight is 290 g/mol. The lowest BCUT2D eigenvalue weighted by Gasteiger charge is -2.14. The van der Waals surface area contributed by atoms with Crippen molar-refractivity contribution in [2.24, 2.45) is 0 Å². The van der Waals surface area contributed by atoms with E-state index >= 15 is 0 Å². The van der Waals surface area contributed by atoms with Crippen LogP contribution in [-0.2, 0) is 11.2 Å². The first-order chi connectivity index (χ1) is 7.08. The highest BCUT2D eigenvalue weighted by molar-refractivity contribution is 9.09. The maximum absolute atomic E-state index is 11.6. The Balaban J connectivity index is 2.30. The molecule has 2 nitrogen and oxygen atoms in total. The first-order valence-corrected chi connectivity index (χ1v) is 6.83. The van der Waals surface area contributed by atoms with Crippen LogP contribution in [0.3, 0.4) is 0 Å². The topological polar surface area (TPSA) is 29.1 Å². The van der Waals surface area contributed by atoms with E-state index in [0.717, 1.165) is 11.3 Å². The Bertz CT molecular complexity index is 298. The van der Waals surface area contributed by atoms with Crippen molar-refractivity contribution in [3.63, 3.8) is 0 Å². The summed E-state index contributed by atoms with van der Waals surface area (Å²) in [5.74, 6) is 0.109. The highest BCUT2D eigenvalue weighted by Gasteiger charge is 2.10. The summed E-state index contributed by atoms with van der Waals surface area (Å²) in [5.41, 5.74) is 0. The molecule has 4 heteroatoms. The van der Waals surface area contributed by atoms with E-state index in [1.165, 1.54) is 0 Å². The quantitative estimate of drug-likeness (QED) is 0.830. The number of nitrogens with one attached hydrogen (secondary N) is 1. The van der Waals surface area contributed by atoms with E-state index in [-0.39, 0.29) is 11.9 Å². The summed E-state index contributed by atoms with van der Waals surface area (Å²) in [4.78, 5) is 13.1. The number of carbonyl (C=O) groups excluding carboxylic acids is 1. The maximum Gasteiger partial charge on any atom is 0.225 e. The third-order valence-corrected chi connectivity index (χ3v) is 3.25. The highest BCUT2D eigenvalue weighted by atomic mass is 79.9. The SMILES string of the molecule is CC(Br)CC(C)NC(=O)Cc1cccs1. The number of hydrogen-bond donors (Lipinski definition) is 1. The van der Waals surface area contributed by atoms with Gasteiger partial charge in [-0.25, -0.2) is 0 Å². The molecule has 0 aliphatic heterocycles. The fourth-order valence-electron chi connectivity index (χ4n) is 1.44. The van der Waals surface area contributed by atoms with Crippen molar-refractivity contribution < 1.29 is 4.79 Å². The minimum Gasteiger partial charge on any atom is -0.353 e. The van der Waals surface area contributed by atoms with Crippen molar-refractivity contribution in [1.82, 2.24) is 5.32 Å². The largest absolute Gasteiger partial charge is 0.353 e. The minimum atomic E-state index is 0.109. The van der Waals surface area contributed by atoms with Gasteiger partial charge in [0.1, 0.15) is 0 Å². The number of carbonyl (C=O) groups is 1. The van der Waals surface area contributed by atoms with Gasteiger partial charge in [-0.05, 0) is 24.8 Å². The summed E-state index contributed by atoms with van der Waals surface area (Å²) in [5, 5.41) is 4.98. The lowest BCUT2D eigenvalue weighted by Crippen LogP contribution is -2.34. The molecule has 0 bridgehead atoms. The molecule has 0 saturated carbocycles. The molecule has 1 heterocycles. The van der Waals surface area contributed by atoms with Gasteiger partial charge < -0.3 is 5.32 Å².